The van der Waals surface area contributed by atoms with E-state index >= 15 is 0 Å². The van der Waals surface area contributed by atoms with Gasteiger partial charge in [-0.15, -0.1) is 0 Å². The molecule has 322 valence electrons. The third-order valence-electron chi connectivity index (χ3n) is 12.7. The van der Waals surface area contributed by atoms with E-state index in [9.17, 15) is 50.3 Å². The van der Waals surface area contributed by atoms with E-state index in [1.807, 2.05) is 0 Å². The molecule has 3 atom stereocenters. The standard InChI is InChI=1S/C39H46F6N6O8/c1-23(58-21-35-9-6-27(7-10-35)59-22-35)30(32(55)46-13-8-29(52)53)48-31(54)28-17-49(18-36(28)19-50(20-36)34(57)37(11-12-37)39(43,44)45)33(56)25-14-47-51(16-25)15-24-2-4-26(5-3-24)38(40,41)42/h2-5,14,16,23,27-28,30H,6-13,15,17-22H2,1H3,(H,46,55)(H,48,54)(H,52,53)/t23-,27?,28+,30+,35?/m1/s1. The van der Waals surface area contributed by atoms with Gasteiger partial charge >= 0.3 is 18.3 Å². The van der Waals surface area contributed by atoms with Gasteiger partial charge in [0.2, 0.25) is 17.7 Å². The Balaban J connectivity index is 1.08. The molecule has 20 heteroatoms. The first kappa shape index (κ1) is 42.4. The zero-order chi connectivity index (χ0) is 42.5. The first-order chi connectivity index (χ1) is 27.7. The molecular weight excluding hydrogens is 794 g/mol. The number of nitrogens with zero attached hydrogens (tertiary/aromatic N) is 4. The fraction of sp³-hybridized carbons (Fsp3) is 0.641. The summed E-state index contributed by atoms with van der Waals surface area (Å²) in [6, 6.07) is 3.09. The van der Waals surface area contributed by atoms with Gasteiger partial charge in [0.15, 0.2) is 0 Å². The molecule has 1 aromatic carbocycles. The lowest BCUT2D eigenvalue weighted by molar-refractivity contribution is -0.205. The molecule has 6 fully saturated rings. The first-order valence-corrected chi connectivity index (χ1v) is 19.6. The minimum absolute atomic E-state index is 0.0310. The summed E-state index contributed by atoms with van der Waals surface area (Å²) >= 11 is 0. The van der Waals surface area contributed by atoms with Crippen LogP contribution < -0.4 is 10.6 Å². The number of hydrogen-bond acceptors (Lipinski definition) is 8. The van der Waals surface area contributed by atoms with Crippen molar-refractivity contribution in [2.75, 3.05) is 45.9 Å². The highest BCUT2D eigenvalue weighted by Crippen LogP contribution is 2.60. The van der Waals surface area contributed by atoms with Crippen LogP contribution in [0.3, 0.4) is 0 Å². The zero-order valence-corrected chi connectivity index (χ0v) is 32.2. The van der Waals surface area contributed by atoms with Gasteiger partial charge in [0.25, 0.3) is 5.91 Å². The van der Waals surface area contributed by atoms with Crippen LogP contribution in [0.25, 0.3) is 0 Å². The third-order valence-corrected chi connectivity index (χ3v) is 12.7. The van der Waals surface area contributed by atoms with Crippen LogP contribution in [0.5, 0.6) is 0 Å². The van der Waals surface area contributed by atoms with E-state index in [4.69, 9.17) is 14.6 Å². The Kier molecular flexibility index (Phi) is 11.3. The maximum atomic E-state index is 14.4. The predicted molar refractivity (Wildman–Crippen MR) is 192 cm³/mol. The van der Waals surface area contributed by atoms with Gasteiger partial charge in [-0.05, 0) is 63.1 Å². The lowest BCUT2D eigenvalue weighted by Crippen LogP contribution is -2.67. The highest BCUT2D eigenvalue weighted by atomic mass is 19.4. The van der Waals surface area contributed by atoms with Crippen molar-refractivity contribution in [2.45, 2.75) is 89.0 Å². The number of fused-ring (bicyclic) bond motifs is 3. The Morgan fingerprint density at radius 1 is 0.983 bits per heavy atom. The maximum Gasteiger partial charge on any atom is 0.416 e. The SMILES string of the molecule is C[C@@H](OCC12CCC(CC1)OC2)[C@H](NC(=O)[C@@H]1CN(C(=O)c2cnn(Cc3ccc(C(F)(F)F)cc3)c2)CC12CN(C(=O)C1(C(F)(F)F)CC1)C2)C(=O)NCCC(=O)O. The van der Waals surface area contributed by atoms with Gasteiger partial charge < -0.3 is 35.0 Å². The number of carboxylic acid groups (broad SMARTS) is 1. The zero-order valence-electron chi connectivity index (χ0n) is 32.2. The van der Waals surface area contributed by atoms with E-state index in [-0.39, 0.29) is 75.8 Å². The minimum atomic E-state index is -4.76. The predicted octanol–water partition coefficient (Wildman–Crippen LogP) is 3.63. The monoisotopic (exact) mass is 840 g/mol. The normalized spacial score (nSPS) is 25.3. The van der Waals surface area contributed by atoms with Crippen molar-refractivity contribution in [3.8, 4) is 0 Å². The van der Waals surface area contributed by atoms with Crippen molar-refractivity contribution in [1.29, 1.82) is 0 Å². The maximum absolute atomic E-state index is 14.4. The van der Waals surface area contributed by atoms with E-state index < -0.39 is 82.8 Å². The Labute approximate surface area is 334 Å². The number of alkyl halides is 6. The summed E-state index contributed by atoms with van der Waals surface area (Å²) in [5.74, 6) is -5.37. The number of aromatic nitrogens is 2. The van der Waals surface area contributed by atoms with Crippen LogP contribution in [-0.4, -0.2) is 125 Å². The summed E-state index contributed by atoms with van der Waals surface area (Å²) < 4.78 is 94.4. The van der Waals surface area contributed by atoms with Gasteiger partial charge in [0, 0.05) is 49.8 Å². The van der Waals surface area contributed by atoms with E-state index in [0.29, 0.717) is 12.2 Å². The molecule has 2 saturated carbocycles. The number of rotatable bonds is 14. The highest BCUT2D eigenvalue weighted by Gasteiger charge is 2.71. The number of benzene rings is 1. The lowest BCUT2D eigenvalue weighted by atomic mass is 9.70. The number of halogens is 6. The molecule has 0 unspecified atom stereocenters. The molecule has 1 spiro atoms. The molecule has 4 amide bonds. The average molecular weight is 841 g/mol. The lowest BCUT2D eigenvalue weighted by Gasteiger charge is -2.51. The summed E-state index contributed by atoms with van der Waals surface area (Å²) in [5.41, 5.74) is -4.21. The van der Waals surface area contributed by atoms with Gasteiger partial charge in [0.1, 0.15) is 11.5 Å². The van der Waals surface area contributed by atoms with Gasteiger partial charge in [0.05, 0.1) is 61.6 Å². The second kappa shape index (κ2) is 15.7. The highest BCUT2D eigenvalue weighted by molar-refractivity contribution is 5.96. The summed E-state index contributed by atoms with van der Waals surface area (Å²) in [7, 11) is 0. The van der Waals surface area contributed by atoms with Crippen LogP contribution in [0.4, 0.5) is 26.3 Å². The molecule has 2 aliphatic carbocycles. The van der Waals surface area contributed by atoms with Crippen LogP contribution in [0.1, 0.15) is 73.4 Å². The molecule has 0 radical (unpaired) electrons. The Bertz CT molecular complexity index is 1920. The van der Waals surface area contributed by atoms with Crippen molar-refractivity contribution in [1.82, 2.24) is 30.2 Å². The molecule has 14 nitrogen and oxygen atoms in total. The molecular formula is C39H46F6N6O8. The van der Waals surface area contributed by atoms with Crippen LogP contribution in [0, 0.1) is 22.2 Å². The molecule has 3 N–H and O–H groups in total. The number of hydrogen-bond donors (Lipinski definition) is 3. The number of carbonyl (C=O) groups excluding carboxylic acids is 4. The molecule has 8 rings (SSSR count). The molecule has 1 aromatic heterocycles. The largest absolute Gasteiger partial charge is 0.481 e. The van der Waals surface area contributed by atoms with Crippen molar-refractivity contribution < 1.29 is 64.9 Å². The average Bonchev–Trinajstić information content (AvgIpc) is 3.72. The van der Waals surface area contributed by atoms with E-state index in [1.165, 1.54) is 34.1 Å². The summed E-state index contributed by atoms with van der Waals surface area (Å²) in [6.45, 7) is 1.22. The molecule has 6 aliphatic rings. The van der Waals surface area contributed by atoms with Gasteiger partial charge in [-0.25, -0.2) is 0 Å². The number of carboxylic acids is 1. The smallest absolute Gasteiger partial charge is 0.416 e. The fourth-order valence-corrected chi connectivity index (χ4v) is 8.89. The van der Waals surface area contributed by atoms with Gasteiger partial charge in [-0.2, -0.15) is 31.4 Å². The number of likely N-dealkylation sites (tertiary alicyclic amines) is 2. The quantitative estimate of drug-likeness (QED) is 0.241. The number of carbonyl (C=O) groups is 5. The van der Waals surface area contributed by atoms with Crippen LogP contribution in [-0.2, 0) is 41.4 Å². The minimum Gasteiger partial charge on any atom is -0.481 e. The second-order valence-electron chi connectivity index (χ2n) is 16.9. The molecule has 4 aliphatic heterocycles. The van der Waals surface area contributed by atoms with Crippen LogP contribution in [0.15, 0.2) is 36.7 Å². The van der Waals surface area contributed by atoms with Crippen molar-refractivity contribution in [3.63, 3.8) is 0 Å². The molecule has 4 saturated heterocycles. The van der Waals surface area contributed by atoms with Gasteiger partial charge in [-0.3, -0.25) is 28.7 Å². The number of nitrogens with one attached hydrogen (secondary N) is 2. The van der Waals surface area contributed by atoms with Gasteiger partial charge in [-0.1, -0.05) is 12.1 Å². The number of aliphatic carboxylic acids is 1. The fourth-order valence-electron chi connectivity index (χ4n) is 8.89. The second-order valence-corrected chi connectivity index (χ2v) is 16.9. The summed E-state index contributed by atoms with van der Waals surface area (Å²) in [5, 5.41) is 18.6. The van der Waals surface area contributed by atoms with Crippen molar-refractivity contribution in [2.24, 2.45) is 22.2 Å². The first-order valence-electron chi connectivity index (χ1n) is 19.6. The van der Waals surface area contributed by atoms with Crippen LogP contribution in [0.2, 0.25) is 0 Å². The topological polar surface area (TPSA) is 172 Å². The Morgan fingerprint density at radius 3 is 2.22 bits per heavy atom. The van der Waals surface area contributed by atoms with E-state index in [1.54, 1.807) is 6.92 Å². The van der Waals surface area contributed by atoms with Crippen molar-refractivity contribution >= 4 is 29.6 Å². The third kappa shape index (κ3) is 8.65. The van der Waals surface area contributed by atoms with Crippen molar-refractivity contribution in [3.05, 3.63) is 53.3 Å². The van der Waals surface area contributed by atoms with Crippen LogP contribution >= 0.6 is 0 Å². The molecule has 2 bridgehead atoms. The molecule has 59 heavy (non-hydrogen) atoms. The molecule has 2 aromatic rings. The van der Waals surface area contributed by atoms with E-state index in [2.05, 4.69) is 15.7 Å². The van der Waals surface area contributed by atoms with E-state index in [0.717, 1.165) is 42.7 Å². The molecule has 5 heterocycles. The number of amides is 4. The summed E-state index contributed by atoms with van der Waals surface area (Å²) in [6.07, 6.45) is -4.99. The Hall–Kier alpha value is -4.72. The summed E-state index contributed by atoms with van der Waals surface area (Å²) in [4.78, 5) is 68.7. The number of ether oxygens (including phenoxy) is 2. The Morgan fingerprint density at radius 2 is 1.64 bits per heavy atom.